The van der Waals surface area contributed by atoms with Crippen LogP contribution in [-0.4, -0.2) is 48.1 Å². The van der Waals surface area contributed by atoms with Crippen molar-refractivity contribution in [2.24, 2.45) is 5.41 Å². The van der Waals surface area contributed by atoms with Crippen LogP contribution in [0.5, 0.6) is 0 Å². The normalized spacial score (nSPS) is 26.4. The third kappa shape index (κ3) is 2.35. The molecule has 1 aliphatic rings. The summed E-state index contributed by atoms with van der Waals surface area (Å²) in [5.41, 5.74) is -0.447. The average molecular weight is 228 g/mol. The van der Waals surface area contributed by atoms with E-state index in [0.29, 0.717) is 13.0 Å². The first-order valence-corrected chi connectivity index (χ1v) is 5.63. The van der Waals surface area contributed by atoms with Gasteiger partial charge in [0.1, 0.15) is 6.04 Å². The van der Waals surface area contributed by atoms with Crippen molar-refractivity contribution in [3.8, 4) is 0 Å². The summed E-state index contributed by atoms with van der Waals surface area (Å²) < 4.78 is 0. The molecule has 0 aliphatic carbocycles. The summed E-state index contributed by atoms with van der Waals surface area (Å²) in [4.78, 5) is 24.6. The number of hydrogen-bond acceptors (Lipinski definition) is 3. The van der Waals surface area contributed by atoms with Crippen LogP contribution in [0.2, 0.25) is 0 Å². The average Bonchev–Trinajstić information content (AvgIpc) is 2.65. The second-order valence-electron chi connectivity index (χ2n) is 4.67. The van der Waals surface area contributed by atoms with Gasteiger partial charge in [-0.25, -0.2) is 4.79 Å². The fourth-order valence-corrected chi connectivity index (χ4v) is 2.18. The lowest BCUT2D eigenvalue weighted by atomic mass is 9.87. The molecule has 5 nitrogen and oxygen atoms in total. The summed E-state index contributed by atoms with van der Waals surface area (Å²) in [5, 5.41) is 12.1. The van der Waals surface area contributed by atoms with Crippen LogP contribution < -0.4 is 5.32 Å². The molecule has 0 aromatic heterocycles. The summed E-state index contributed by atoms with van der Waals surface area (Å²) in [7, 11) is 1.58. The number of carboxylic acids is 1. The van der Waals surface area contributed by atoms with Gasteiger partial charge in [-0.3, -0.25) is 4.79 Å². The minimum atomic E-state index is -0.937. The van der Waals surface area contributed by atoms with Gasteiger partial charge < -0.3 is 15.3 Å². The summed E-state index contributed by atoms with van der Waals surface area (Å²) in [6.45, 7) is 5.12. The molecule has 2 atom stereocenters. The van der Waals surface area contributed by atoms with E-state index in [1.165, 1.54) is 4.90 Å². The van der Waals surface area contributed by atoms with E-state index in [1.54, 1.807) is 14.0 Å². The lowest BCUT2D eigenvalue weighted by molar-refractivity contribution is -0.153. The summed E-state index contributed by atoms with van der Waals surface area (Å²) in [6, 6.07) is -0.718. The van der Waals surface area contributed by atoms with E-state index in [9.17, 15) is 9.59 Å². The minimum Gasteiger partial charge on any atom is -0.480 e. The third-order valence-electron chi connectivity index (χ3n) is 3.34. The second-order valence-corrected chi connectivity index (χ2v) is 4.67. The molecule has 2 N–H and O–H groups in total. The number of carbonyl (C=O) groups excluding carboxylic acids is 1. The fraction of sp³-hybridized carbons (Fsp3) is 0.818. The highest BCUT2D eigenvalue weighted by atomic mass is 16.4. The van der Waals surface area contributed by atoms with Crippen LogP contribution in [-0.2, 0) is 9.59 Å². The number of amides is 1. The number of carbonyl (C=O) groups is 2. The molecule has 1 amide bonds. The molecule has 1 rings (SSSR count). The Balaban J connectivity index is 2.76. The second kappa shape index (κ2) is 4.82. The predicted molar refractivity (Wildman–Crippen MR) is 60.1 cm³/mol. The van der Waals surface area contributed by atoms with E-state index in [1.807, 2.05) is 6.92 Å². The Hall–Kier alpha value is -1.10. The molecule has 5 heteroatoms. The van der Waals surface area contributed by atoms with E-state index in [2.05, 4.69) is 5.32 Å². The zero-order valence-electron chi connectivity index (χ0n) is 10.1. The monoisotopic (exact) mass is 228 g/mol. The van der Waals surface area contributed by atoms with Crippen molar-refractivity contribution in [1.82, 2.24) is 10.2 Å². The molecule has 92 valence electrons. The van der Waals surface area contributed by atoms with Crippen LogP contribution in [0.4, 0.5) is 0 Å². The largest absolute Gasteiger partial charge is 0.480 e. The Morgan fingerprint density at radius 3 is 2.56 bits per heavy atom. The SMILES string of the molecule is CCC(C(=O)O)N(C)C(=O)C1(C)CCNC1. The Labute approximate surface area is 95.8 Å². The Morgan fingerprint density at radius 2 is 2.19 bits per heavy atom. The Morgan fingerprint density at radius 1 is 1.56 bits per heavy atom. The van der Waals surface area contributed by atoms with Crippen LogP contribution >= 0.6 is 0 Å². The van der Waals surface area contributed by atoms with Crippen LogP contribution in [0.15, 0.2) is 0 Å². The van der Waals surface area contributed by atoms with Crippen molar-refractivity contribution < 1.29 is 14.7 Å². The molecule has 1 aliphatic heterocycles. The molecule has 1 saturated heterocycles. The van der Waals surface area contributed by atoms with Crippen molar-refractivity contribution in [1.29, 1.82) is 0 Å². The van der Waals surface area contributed by atoms with Crippen LogP contribution in [0.25, 0.3) is 0 Å². The number of likely N-dealkylation sites (N-methyl/N-ethyl adjacent to an activating group) is 1. The van der Waals surface area contributed by atoms with E-state index in [-0.39, 0.29) is 5.91 Å². The lowest BCUT2D eigenvalue weighted by Gasteiger charge is -2.31. The van der Waals surface area contributed by atoms with Crippen LogP contribution in [0.3, 0.4) is 0 Å². The molecule has 0 spiro atoms. The number of carboxylic acid groups (broad SMARTS) is 1. The molecule has 1 fully saturated rings. The van der Waals surface area contributed by atoms with Gasteiger partial charge in [0.25, 0.3) is 0 Å². The first-order chi connectivity index (χ1) is 7.42. The van der Waals surface area contributed by atoms with E-state index >= 15 is 0 Å². The van der Waals surface area contributed by atoms with Crippen molar-refractivity contribution in [2.75, 3.05) is 20.1 Å². The van der Waals surface area contributed by atoms with E-state index < -0.39 is 17.4 Å². The van der Waals surface area contributed by atoms with Gasteiger partial charge in [-0.15, -0.1) is 0 Å². The molecule has 0 bridgehead atoms. The van der Waals surface area contributed by atoms with Gasteiger partial charge in [0.05, 0.1) is 5.41 Å². The van der Waals surface area contributed by atoms with Crippen LogP contribution in [0, 0.1) is 5.41 Å². The van der Waals surface area contributed by atoms with Gasteiger partial charge in [0, 0.05) is 13.6 Å². The Bertz CT molecular complexity index is 285. The quantitative estimate of drug-likeness (QED) is 0.726. The molecular formula is C11H20N2O3. The van der Waals surface area contributed by atoms with Gasteiger partial charge >= 0.3 is 5.97 Å². The number of aliphatic carboxylic acids is 1. The van der Waals surface area contributed by atoms with Gasteiger partial charge in [0.15, 0.2) is 0 Å². The van der Waals surface area contributed by atoms with Gasteiger partial charge in [-0.1, -0.05) is 6.92 Å². The maximum atomic E-state index is 12.2. The van der Waals surface area contributed by atoms with Gasteiger partial charge in [-0.05, 0) is 26.3 Å². The van der Waals surface area contributed by atoms with E-state index in [0.717, 1.165) is 13.0 Å². The maximum absolute atomic E-state index is 12.2. The zero-order valence-corrected chi connectivity index (χ0v) is 10.1. The number of nitrogens with one attached hydrogen (secondary N) is 1. The first-order valence-electron chi connectivity index (χ1n) is 5.63. The summed E-state index contributed by atoms with van der Waals surface area (Å²) in [5.74, 6) is -1.01. The predicted octanol–water partition coefficient (Wildman–Crippen LogP) is 0.308. The molecule has 0 radical (unpaired) electrons. The molecule has 0 aromatic carbocycles. The summed E-state index contributed by atoms with van der Waals surface area (Å²) >= 11 is 0. The summed E-state index contributed by atoms with van der Waals surface area (Å²) in [6.07, 6.45) is 1.20. The third-order valence-corrected chi connectivity index (χ3v) is 3.34. The maximum Gasteiger partial charge on any atom is 0.326 e. The molecule has 16 heavy (non-hydrogen) atoms. The highest BCUT2D eigenvalue weighted by Crippen LogP contribution is 2.27. The van der Waals surface area contributed by atoms with Crippen molar-refractivity contribution in [2.45, 2.75) is 32.7 Å². The van der Waals surface area contributed by atoms with Crippen LogP contribution in [0.1, 0.15) is 26.7 Å². The van der Waals surface area contributed by atoms with Gasteiger partial charge in [0.2, 0.25) is 5.91 Å². The molecule has 2 unspecified atom stereocenters. The first kappa shape index (κ1) is 13.0. The zero-order chi connectivity index (χ0) is 12.3. The Kier molecular flexibility index (Phi) is 3.91. The molecule has 0 aromatic rings. The van der Waals surface area contributed by atoms with Crippen molar-refractivity contribution >= 4 is 11.9 Å². The fourth-order valence-electron chi connectivity index (χ4n) is 2.18. The van der Waals surface area contributed by atoms with E-state index in [4.69, 9.17) is 5.11 Å². The highest BCUT2D eigenvalue weighted by molar-refractivity contribution is 5.87. The molecule has 0 saturated carbocycles. The number of rotatable bonds is 4. The minimum absolute atomic E-state index is 0.0771. The topological polar surface area (TPSA) is 69.6 Å². The number of nitrogens with zero attached hydrogens (tertiary/aromatic N) is 1. The number of hydrogen-bond donors (Lipinski definition) is 2. The molecular weight excluding hydrogens is 208 g/mol. The smallest absolute Gasteiger partial charge is 0.326 e. The van der Waals surface area contributed by atoms with Gasteiger partial charge in [-0.2, -0.15) is 0 Å². The molecule has 1 heterocycles. The highest BCUT2D eigenvalue weighted by Gasteiger charge is 2.40. The van der Waals surface area contributed by atoms with Crippen molar-refractivity contribution in [3.05, 3.63) is 0 Å². The van der Waals surface area contributed by atoms with Crippen molar-refractivity contribution in [3.63, 3.8) is 0 Å². The lowest BCUT2D eigenvalue weighted by Crippen LogP contribution is -2.49. The standard InChI is InChI=1S/C11H20N2O3/c1-4-8(9(14)15)13(3)10(16)11(2)5-6-12-7-11/h8,12H,4-7H2,1-3H3,(H,14,15).